The van der Waals surface area contributed by atoms with Crippen LogP contribution in [0.25, 0.3) is 10.8 Å². The largest absolute Gasteiger partial charge is 0.275 e. The zero-order chi connectivity index (χ0) is 14.8. The summed E-state index contributed by atoms with van der Waals surface area (Å²) in [6, 6.07) is 9.53. The molecule has 1 aromatic carbocycles. The van der Waals surface area contributed by atoms with Crippen LogP contribution in [-0.2, 0) is 6.54 Å². The Morgan fingerprint density at radius 2 is 2.10 bits per heavy atom. The van der Waals surface area contributed by atoms with Crippen LogP contribution in [0.2, 0.25) is 0 Å². The SMILES string of the molecule is O=c1c2cc([N+](=O)[O-])ccc2cnn1Cc1ccccn1. The van der Waals surface area contributed by atoms with Gasteiger partial charge in [-0.05, 0) is 18.2 Å². The van der Waals surface area contributed by atoms with Crippen LogP contribution in [-0.4, -0.2) is 19.7 Å². The van der Waals surface area contributed by atoms with Gasteiger partial charge in [0.05, 0.1) is 28.7 Å². The molecule has 0 aliphatic carbocycles. The van der Waals surface area contributed by atoms with Crippen molar-refractivity contribution in [2.45, 2.75) is 6.54 Å². The number of nitro groups is 1. The first-order valence-electron chi connectivity index (χ1n) is 6.19. The lowest BCUT2D eigenvalue weighted by atomic mass is 10.2. The van der Waals surface area contributed by atoms with Gasteiger partial charge in [0.15, 0.2) is 0 Å². The summed E-state index contributed by atoms with van der Waals surface area (Å²) in [4.78, 5) is 26.8. The number of non-ortho nitro benzene ring substituents is 1. The van der Waals surface area contributed by atoms with Crippen LogP contribution in [0.4, 0.5) is 5.69 Å². The molecule has 7 heteroatoms. The molecule has 2 heterocycles. The Labute approximate surface area is 118 Å². The minimum atomic E-state index is -0.525. The predicted molar refractivity (Wildman–Crippen MR) is 76.0 cm³/mol. The molecular formula is C14H10N4O3. The van der Waals surface area contributed by atoms with Crippen LogP contribution >= 0.6 is 0 Å². The van der Waals surface area contributed by atoms with Crippen LogP contribution in [0.15, 0.2) is 53.6 Å². The van der Waals surface area contributed by atoms with E-state index in [0.717, 1.165) is 0 Å². The average Bonchev–Trinajstić information content (AvgIpc) is 2.51. The quantitative estimate of drug-likeness (QED) is 0.539. The number of hydrogen-bond acceptors (Lipinski definition) is 5. The van der Waals surface area contributed by atoms with Gasteiger partial charge in [-0.1, -0.05) is 6.07 Å². The highest BCUT2D eigenvalue weighted by Gasteiger charge is 2.11. The van der Waals surface area contributed by atoms with Crippen molar-refractivity contribution in [1.29, 1.82) is 0 Å². The van der Waals surface area contributed by atoms with E-state index in [-0.39, 0.29) is 23.2 Å². The second-order valence-electron chi connectivity index (χ2n) is 4.46. The smallest absolute Gasteiger partial charge is 0.267 e. The van der Waals surface area contributed by atoms with Crippen molar-refractivity contribution in [3.05, 3.63) is 75.0 Å². The van der Waals surface area contributed by atoms with Crippen molar-refractivity contribution in [3.8, 4) is 0 Å². The van der Waals surface area contributed by atoms with Crippen molar-refractivity contribution in [1.82, 2.24) is 14.8 Å². The molecule has 0 aliphatic rings. The molecule has 0 unspecified atom stereocenters. The number of nitrogens with zero attached hydrogens (tertiary/aromatic N) is 4. The number of aromatic nitrogens is 3. The number of rotatable bonds is 3. The lowest BCUT2D eigenvalue weighted by Crippen LogP contribution is -2.23. The number of hydrogen-bond donors (Lipinski definition) is 0. The van der Waals surface area contributed by atoms with Crippen LogP contribution in [0.3, 0.4) is 0 Å². The number of benzene rings is 1. The molecule has 7 nitrogen and oxygen atoms in total. The van der Waals surface area contributed by atoms with Crippen LogP contribution in [0.1, 0.15) is 5.69 Å². The molecule has 2 aromatic heterocycles. The van der Waals surface area contributed by atoms with E-state index in [2.05, 4.69) is 10.1 Å². The third-order valence-electron chi connectivity index (χ3n) is 3.09. The molecular weight excluding hydrogens is 272 g/mol. The van der Waals surface area contributed by atoms with E-state index in [4.69, 9.17) is 0 Å². The maximum Gasteiger partial charge on any atom is 0.275 e. The Morgan fingerprint density at radius 3 is 2.81 bits per heavy atom. The molecule has 0 saturated carbocycles. The summed E-state index contributed by atoms with van der Waals surface area (Å²) in [7, 11) is 0. The molecule has 21 heavy (non-hydrogen) atoms. The Bertz CT molecular complexity index is 874. The summed E-state index contributed by atoms with van der Waals surface area (Å²) < 4.78 is 1.24. The second-order valence-corrected chi connectivity index (χ2v) is 4.46. The third-order valence-corrected chi connectivity index (χ3v) is 3.09. The Kier molecular flexibility index (Phi) is 3.15. The normalized spacial score (nSPS) is 10.7. The number of fused-ring (bicyclic) bond motifs is 1. The minimum absolute atomic E-state index is 0.116. The lowest BCUT2D eigenvalue weighted by Gasteiger charge is -2.05. The van der Waals surface area contributed by atoms with E-state index < -0.39 is 4.92 Å². The van der Waals surface area contributed by atoms with Gasteiger partial charge >= 0.3 is 0 Å². The van der Waals surface area contributed by atoms with Crippen molar-refractivity contribution >= 4 is 16.5 Å². The lowest BCUT2D eigenvalue weighted by molar-refractivity contribution is -0.384. The summed E-state index contributed by atoms with van der Waals surface area (Å²) in [6.45, 7) is 0.221. The maximum absolute atomic E-state index is 12.4. The first-order valence-corrected chi connectivity index (χ1v) is 6.19. The standard InChI is InChI=1S/C14H10N4O3/c19-14-13-7-12(18(20)21)5-4-10(13)8-16-17(14)9-11-3-1-2-6-15-11/h1-8H,9H2. The Balaban J connectivity index is 2.10. The first-order chi connectivity index (χ1) is 10.1. The van der Waals surface area contributed by atoms with Gasteiger partial charge in [-0.25, -0.2) is 4.68 Å². The molecule has 3 rings (SSSR count). The average molecular weight is 282 g/mol. The second kappa shape index (κ2) is 5.12. The zero-order valence-electron chi connectivity index (χ0n) is 10.8. The molecule has 0 amide bonds. The van der Waals surface area contributed by atoms with Crippen molar-refractivity contribution in [2.24, 2.45) is 0 Å². The van der Waals surface area contributed by atoms with Crippen molar-refractivity contribution in [3.63, 3.8) is 0 Å². The van der Waals surface area contributed by atoms with Crippen molar-refractivity contribution < 1.29 is 4.92 Å². The first kappa shape index (κ1) is 12.9. The molecule has 0 aliphatic heterocycles. The zero-order valence-corrected chi connectivity index (χ0v) is 10.8. The summed E-state index contributed by atoms with van der Waals surface area (Å²) in [5, 5.41) is 15.7. The summed E-state index contributed by atoms with van der Waals surface area (Å²) >= 11 is 0. The van der Waals surface area contributed by atoms with E-state index in [1.54, 1.807) is 18.3 Å². The van der Waals surface area contributed by atoms with Gasteiger partial charge in [0.2, 0.25) is 0 Å². The van der Waals surface area contributed by atoms with Gasteiger partial charge in [-0.2, -0.15) is 5.10 Å². The molecule has 0 fully saturated rings. The highest BCUT2D eigenvalue weighted by Crippen LogP contribution is 2.17. The monoisotopic (exact) mass is 282 g/mol. The van der Waals surface area contributed by atoms with Crippen LogP contribution in [0.5, 0.6) is 0 Å². The van der Waals surface area contributed by atoms with Gasteiger partial charge < -0.3 is 0 Å². The molecule has 0 spiro atoms. The van der Waals surface area contributed by atoms with Crippen molar-refractivity contribution in [2.75, 3.05) is 0 Å². The van der Waals surface area contributed by atoms with E-state index >= 15 is 0 Å². The minimum Gasteiger partial charge on any atom is -0.267 e. The summed E-state index contributed by atoms with van der Waals surface area (Å²) in [5.74, 6) is 0. The number of nitro benzene ring substituents is 1. The van der Waals surface area contributed by atoms with E-state index in [1.807, 2.05) is 6.07 Å². The van der Waals surface area contributed by atoms with Gasteiger partial charge in [-0.3, -0.25) is 19.9 Å². The molecule has 0 N–H and O–H groups in total. The Morgan fingerprint density at radius 1 is 1.24 bits per heavy atom. The van der Waals surface area contributed by atoms with E-state index in [1.165, 1.54) is 29.1 Å². The fraction of sp³-hybridized carbons (Fsp3) is 0.0714. The van der Waals surface area contributed by atoms with E-state index in [9.17, 15) is 14.9 Å². The molecule has 0 bridgehead atoms. The summed E-state index contributed by atoms with van der Waals surface area (Å²) in [5.41, 5.74) is 0.203. The Hall–Kier alpha value is -3.09. The van der Waals surface area contributed by atoms with Gasteiger partial charge in [0.25, 0.3) is 11.2 Å². The third kappa shape index (κ3) is 2.48. The maximum atomic E-state index is 12.4. The van der Waals surface area contributed by atoms with Crippen LogP contribution < -0.4 is 5.56 Å². The van der Waals surface area contributed by atoms with Gasteiger partial charge in [0, 0.05) is 23.7 Å². The molecule has 0 radical (unpaired) electrons. The van der Waals surface area contributed by atoms with Gasteiger partial charge in [0.1, 0.15) is 0 Å². The molecule has 0 saturated heterocycles. The predicted octanol–water partition coefficient (Wildman–Crippen LogP) is 1.75. The number of pyridine rings is 1. The highest BCUT2D eigenvalue weighted by molar-refractivity contribution is 5.82. The summed E-state index contributed by atoms with van der Waals surface area (Å²) in [6.07, 6.45) is 3.15. The topological polar surface area (TPSA) is 90.9 Å². The highest BCUT2D eigenvalue weighted by atomic mass is 16.6. The fourth-order valence-corrected chi connectivity index (χ4v) is 2.04. The molecule has 104 valence electrons. The van der Waals surface area contributed by atoms with Crippen LogP contribution in [0, 0.1) is 10.1 Å². The van der Waals surface area contributed by atoms with E-state index in [0.29, 0.717) is 11.1 Å². The molecule has 0 atom stereocenters. The molecule has 3 aromatic rings. The fourth-order valence-electron chi connectivity index (χ4n) is 2.04. The van der Waals surface area contributed by atoms with Gasteiger partial charge in [-0.15, -0.1) is 0 Å².